The molecule has 4 rings (SSSR count). The van der Waals surface area contributed by atoms with Gasteiger partial charge in [0.25, 0.3) is 5.56 Å². The first kappa shape index (κ1) is 17.4. The molecule has 6 heteroatoms. The van der Waals surface area contributed by atoms with Gasteiger partial charge in [-0.3, -0.25) is 19.2 Å². The van der Waals surface area contributed by atoms with Crippen LogP contribution in [-0.4, -0.2) is 46.1 Å². The van der Waals surface area contributed by atoms with Gasteiger partial charge in [0, 0.05) is 50.7 Å². The molecule has 27 heavy (non-hydrogen) atoms. The second-order valence-corrected chi connectivity index (χ2v) is 6.93. The minimum atomic E-state index is -0.0537. The van der Waals surface area contributed by atoms with Crippen LogP contribution in [0.25, 0.3) is 11.3 Å². The fraction of sp³-hybridized carbons (Fsp3) is 0.286. The van der Waals surface area contributed by atoms with E-state index < -0.39 is 0 Å². The summed E-state index contributed by atoms with van der Waals surface area (Å²) in [4.78, 5) is 26.0. The number of nitrogens with zero attached hydrogens (tertiary/aromatic N) is 5. The number of pyridine rings is 1. The van der Waals surface area contributed by atoms with E-state index in [9.17, 15) is 4.79 Å². The predicted octanol–water partition coefficient (Wildman–Crippen LogP) is 2.34. The third-order valence-corrected chi connectivity index (χ3v) is 5.20. The minimum Gasteiger partial charge on any atom is -0.339 e. The Morgan fingerprint density at radius 2 is 1.74 bits per heavy atom. The largest absolute Gasteiger partial charge is 0.339 e. The average Bonchev–Trinajstić information content (AvgIpc) is 2.72. The Morgan fingerprint density at radius 3 is 2.48 bits per heavy atom. The molecule has 1 atom stereocenters. The summed E-state index contributed by atoms with van der Waals surface area (Å²) < 4.78 is 1.64. The van der Waals surface area contributed by atoms with E-state index in [0.717, 1.165) is 25.2 Å². The molecular weight excluding hydrogens is 338 g/mol. The van der Waals surface area contributed by atoms with Crippen molar-refractivity contribution in [3.05, 3.63) is 76.8 Å². The van der Waals surface area contributed by atoms with Gasteiger partial charge in [-0.25, -0.2) is 4.98 Å². The van der Waals surface area contributed by atoms with Crippen LogP contribution >= 0.6 is 0 Å². The summed E-state index contributed by atoms with van der Waals surface area (Å²) in [6, 6.07) is 16.1. The average molecular weight is 361 g/mol. The molecule has 0 N–H and O–H groups in total. The highest BCUT2D eigenvalue weighted by molar-refractivity contribution is 5.59. The summed E-state index contributed by atoms with van der Waals surface area (Å²) in [6.45, 7) is 2.54. The van der Waals surface area contributed by atoms with Crippen molar-refractivity contribution < 1.29 is 0 Å². The van der Waals surface area contributed by atoms with E-state index in [-0.39, 0.29) is 11.6 Å². The van der Waals surface area contributed by atoms with Crippen LogP contribution in [0.4, 0.5) is 5.95 Å². The Labute approximate surface area is 158 Å². The van der Waals surface area contributed by atoms with Gasteiger partial charge >= 0.3 is 0 Å². The normalized spacial score (nSPS) is 17.9. The van der Waals surface area contributed by atoms with Gasteiger partial charge in [-0.1, -0.05) is 30.3 Å². The second kappa shape index (κ2) is 7.32. The molecule has 1 aliphatic heterocycles. The SMILES string of the molecule is CN1CCN(c2nc(-c3ccncc3)cc(=O)n2C)CC1c1ccccc1. The van der Waals surface area contributed by atoms with Gasteiger partial charge in [0.1, 0.15) is 0 Å². The molecule has 6 nitrogen and oxygen atoms in total. The second-order valence-electron chi connectivity index (χ2n) is 6.93. The number of anilines is 1. The molecular formula is C21H23N5O. The zero-order valence-electron chi connectivity index (χ0n) is 15.6. The summed E-state index contributed by atoms with van der Waals surface area (Å²) in [7, 11) is 3.94. The van der Waals surface area contributed by atoms with Crippen LogP contribution in [-0.2, 0) is 7.05 Å². The van der Waals surface area contributed by atoms with E-state index in [1.54, 1.807) is 30.1 Å². The summed E-state index contributed by atoms with van der Waals surface area (Å²) in [6.07, 6.45) is 3.44. The maximum Gasteiger partial charge on any atom is 0.255 e. The highest BCUT2D eigenvalue weighted by Gasteiger charge is 2.27. The van der Waals surface area contributed by atoms with Gasteiger partial charge in [0.2, 0.25) is 5.95 Å². The zero-order valence-corrected chi connectivity index (χ0v) is 15.6. The number of aromatic nitrogens is 3. The summed E-state index contributed by atoms with van der Waals surface area (Å²) in [5, 5.41) is 0. The lowest BCUT2D eigenvalue weighted by Gasteiger charge is -2.40. The van der Waals surface area contributed by atoms with Crippen LogP contribution in [0.2, 0.25) is 0 Å². The predicted molar refractivity (Wildman–Crippen MR) is 107 cm³/mol. The Bertz CT molecular complexity index is 971. The lowest BCUT2D eigenvalue weighted by molar-refractivity contribution is 0.219. The van der Waals surface area contributed by atoms with E-state index in [0.29, 0.717) is 11.6 Å². The molecule has 0 radical (unpaired) electrons. The third-order valence-electron chi connectivity index (χ3n) is 5.20. The number of rotatable bonds is 3. The highest BCUT2D eigenvalue weighted by atomic mass is 16.1. The summed E-state index contributed by atoms with van der Waals surface area (Å²) in [5.41, 5.74) is 2.81. The first-order valence-electron chi connectivity index (χ1n) is 9.12. The van der Waals surface area contributed by atoms with Gasteiger partial charge in [0.15, 0.2) is 0 Å². The molecule has 0 aliphatic carbocycles. The smallest absolute Gasteiger partial charge is 0.255 e. The Balaban J connectivity index is 1.70. The molecule has 3 heterocycles. The van der Waals surface area contributed by atoms with Gasteiger partial charge in [-0.15, -0.1) is 0 Å². The van der Waals surface area contributed by atoms with E-state index in [4.69, 9.17) is 4.98 Å². The maximum atomic E-state index is 12.6. The number of piperazine rings is 1. The van der Waals surface area contributed by atoms with E-state index >= 15 is 0 Å². The molecule has 1 unspecified atom stereocenters. The lowest BCUT2D eigenvalue weighted by Crippen LogP contribution is -2.48. The van der Waals surface area contributed by atoms with Gasteiger partial charge in [-0.2, -0.15) is 0 Å². The topological polar surface area (TPSA) is 54.3 Å². The molecule has 2 aromatic heterocycles. The fourth-order valence-electron chi connectivity index (χ4n) is 3.57. The van der Waals surface area contributed by atoms with E-state index in [1.807, 2.05) is 18.2 Å². The Kier molecular flexibility index (Phi) is 4.73. The summed E-state index contributed by atoms with van der Waals surface area (Å²) in [5.74, 6) is 0.711. The van der Waals surface area contributed by atoms with Crippen molar-refractivity contribution in [2.75, 3.05) is 31.6 Å². The molecule has 0 bridgehead atoms. The molecule has 0 amide bonds. The van der Waals surface area contributed by atoms with E-state index in [2.05, 4.69) is 46.1 Å². The Hall–Kier alpha value is -2.99. The zero-order chi connectivity index (χ0) is 18.8. The highest BCUT2D eigenvalue weighted by Crippen LogP contribution is 2.27. The molecule has 1 aromatic carbocycles. The van der Waals surface area contributed by atoms with Crippen molar-refractivity contribution in [3.8, 4) is 11.3 Å². The molecule has 3 aromatic rings. The molecule has 0 saturated carbocycles. The van der Waals surface area contributed by atoms with Crippen molar-refractivity contribution in [1.82, 2.24) is 19.4 Å². The third kappa shape index (κ3) is 3.48. The number of hydrogen-bond donors (Lipinski definition) is 0. The first-order valence-corrected chi connectivity index (χ1v) is 9.12. The van der Waals surface area contributed by atoms with Gasteiger partial charge in [0.05, 0.1) is 11.7 Å². The van der Waals surface area contributed by atoms with Crippen LogP contribution in [0.3, 0.4) is 0 Å². The number of likely N-dealkylation sites (N-methyl/N-ethyl adjacent to an activating group) is 1. The van der Waals surface area contributed by atoms with Gasteiger partial charge < -0.3 is 4.90 Å². The lowest BCUT2D eigenvalue weighted by atomic mass is 10.0. The van der Waals surface area contributed by atoms with Crippen molar-refractivity contribution >= 4 is 5.95 Å². The van der Waals surface area contributed by atoms with E-state index in [1.165, 1.54) is 5.56 Å². The van der Waals surface area contributed by atoms with Gasteiger partial charge in [-0.05, 0) is 24.7 Å². The maximum absolute atomic E-state index is 12.6. The monoisotopic (exact) mass is 361 g/mol. The van der Waals surface area contributed by atoms with Crippen LogP contribution in [0, 0.1) is 0 Å². The van der Waals surface area contributed by atoms with Crippen molar-refractivity contribution in [2.45, 2.75) is 6.04 Å². The van der Waals surface area contributed by atoms with Crippen LogP contribution in [0.1, 0.15) is 11.6 Å². The molecule has 1 saturated heterocycles. The van der Waals surface area contributed by atoms with Crippen LogP contribution < -0.4 is 10.5 Å². The number of hydrogen-bond acceptors (Lipinski definition) is 5. The molecule has 1 fully saturated rings. The quantitative estimate of drug-likeness (QED) is 0.717. The molecule has 138 valence electrons. The first-order chi connectivity index (χ1) is 13.1. The Morgan fingerprint density at radius 1 is 1.00 bits per heavy atom. The summed E-state index contributed by atoms with van der Waals surface area (Å²) >= 11 is 0. The fourth-order valence-corrected chi connectivity index (χ4v) is 3.57. The van der Waals surface area contributed by atoms with Crippen molar-refractivity contribution in [2.24, 2.45) is 7.05 Å². The van der Waals surface area contributed by atoms with Crippen LogP contribution in [0.15, 0.2) is 65.7 Å². The van der Waals surface area contributed by atoms with Crippen molar-refractivity contribution in [3.63, 3.8) is 0 Å². The number of benzene rings is 1. The minimum absolute atomic E-state index is 0.0537. The van der Waals surface area contributed by atoms with Crippen LogP contribution in [0.5, 0.6) is 0 Å². The standard InChI is InChI=1S/C21H23N5O/c1-24-12-13-26(15-19(24)17-6-4-3-5-7-17)21-23-18(14-20(27)25(21)2)16-8-10-22-11-9-16/h3-11,14,19H,12-13,15H2,1-2H3. The van der Waals surface area contributed by atoms with Crippen molar-refractivity contribution in [1.29, 1.82) is 0 Å². The molecule has 0 spiro atoms. The molecule has 1 aliphatic rings.